The third kappa shape index (κ3) is 2.99. The minimum Gasteiger partial charge on any atom is -0.298 e. The van der Waals surface area contributed by atoms with Crippen LogP contribution in [-0.2, 0) is 4.79 Å². The lowest BCUT2D eigenvalue weighted by molar-refractivity contribution is -0.119. The molecule has 0 atom stereocenters. The first-order valence-electron chi connectivity index (χ1n) is 8.04. The Morgan fingerprint density at radius 2 is 1.88 bits per heavy atom. The Bertz CT molecular complexity index is 1060. The van der Waals surface area contributed by atoms with Gasteiger partial charge in [-0.25, -0.2) is 5.43 Å². The van der Waals surface area contributed by atoms with E-state index in [1.165, 1.54) is 4.90 Å². The Kier molecular flexibility index (Phi) is 4.26. The molecule has 0 saturated carbocycles. The number of rotatable bonds is 4. The summed E-state index contributed by atoms with van der Waals surface area (Å²) in [6, 6.07) is 18.9. The number of carbonyl (C=O) groups is 2. The average molecular weight is 408 g/mol. The van der Waals surface area contributed by atoms with Gasteiger partial charge in [0.1, 0.15) is 6.54 Å². The van der Waals surface area contributed by atoms with Crippen LogP contribution in [-0.4, -0.2) is 24.6 Å². The number of nitrogens with one attached hydrogen (secondary N) is 1. The van der Waals surface area contributed by atoms with Crippen molar-refractivity contribution in [3.05, 3.63) is 76.3 Å². The molecule has 0 radical (unpaired) electrons. The van der Waals surface area contributed by atoms with Crippen LogP contribution in [0, 0.1) is 0 Å². The molecule has 1 aliphatic rings. The van der Waals surface area contributed by atoms with Crippen LogP contribution in [0.25, 0.3) is 10.8 Å². The molecule has 0 bridgehead atoms. The molecule has 0 spiro atoms. The van der Waals surface area contributed by atoms with Gasteiger partial charge >= 0.3 is 0 Å². The van der Waals surface area contributed by atoms with Crippen molar-refractivity contribution < 1.29 is 9.59 Å². The van der Waals surface area contributed by atoms with E-state index in [-0.39, 0.29) is 18.4 Å². The third-order valence-electron chi connectivity index (χ3n) is 4.20. The molecule has 0 fully saturated rings. The van der Waals surface area contributed by atoms with Crippen molar-refractivity contribution in [1.29, 1.82) is 0 Å². The van der Waals surface area contributed by atoms with E-state index in [9.17, 15) is 9.59 Å². The Labute approximate surface area is 158 Å². The Hall–Kier alpha value is -2.99. The fraction of sp³-hybridized carbons (Fsp3) is 0.0500. The van der Waals surface area contributed by atoms with Gasteiger partial charge in [0.05, 0.1) is 11.9 Å². The number of benzene rings is 3. The van der Waals surface area contributed by atoms with Crippen molar-refractivity contribution >= 4 is 50.4 Å². The summed E-state index contributed by atoms with van der Waals surface area (Å²) in [5, 5.41) is 5.85. The Morgan fingerprint density at radius 3 is 2.69 bits per heavy atom. The highest BCUT2D eigenvalue weighted by molar-refractivity contribution is 9.10. The number of carbonyl (C=O) groups excluding carboxylic acids is 2. The van der Waals surface area contributed by atoms with Crippen molar-refractivity contribution in [2.24, 2.45) is 5.10 Å². The fourth-order valence-corrected chi connectivity index (χ4v) is 3.50. The number of nitrogens with zero attached hydrogens (tertiary/aromatic N) is 2. The first kappa shape index (κ1) is 16.5. The summed E-state index contributed by atoms with van der Waals surface area (Å²) >= 11 is 3.38. The van der Waals surface area contributed by atoms with Crippen LogP contribution in [0.2, 0.25) is 0 Å². The van der Waals surface area contributed by atoms with Crippen molar-refractivity contribution in [3.63, 3.8) is 0 Å². The number of halogens is 1. The van der Waals surface area contributed by atoms with Gasteiger partial charge in [-0.3, -0.25) is 14.5 Å². The van der Waals surface area contributed by atoms with Crippen molar-refractivity contribution in [2.75, 3.05) is 11.4 Å². The van der Waals surface area contributed by atoms with Crippen LogP contribution >= 0.6 is 15.9 Å². The zero-order valence-corrected chi connectivity index (χ0v) is 15.2. The van der Waals surface area contributed by atoms with Gasteiger partial charge in [-0.05, 0) is 35.2 Å². The quantitative estimate of drug-likeness (QED) is 0.529. The number of hydrogen-bond donors (Lipinski definition) is 1. The number of hydrazone groups is 1. The number of amides is 2. The number of anilines is 1. The van der Waals surface area contributed by atoms with Gasteiger partial charge in [0, 0.05) is 15.4 Å². The predicted octanol–water partition coefficient (Wildman–Crippen LogP) is 3.71. The smallest absolute Gasteiger partial charge is 0.260 e. The molecule has 3 aromatic rings. The highest BCUT2D eigenvalue weighted by atomic mass is 79.9. The van der Waals surface area contributed by atoms with Gasteiger partial charge in [-0.2, -0.15) is 5.10 Å². The summed E-state index contributed by atoms with van der Waals surface area (Å²) in [6.45, 7) is -0.0809. The zero-order chi connectivity index (χ0) is 18.1. The van der Waals surface area contributed by atoms with E-state index < -0.39 is 0 Å². The molecule has 0 aromatic heterocycles. The molecule has 6 heteroatoms. The topological polar surface area (TPSA) is 61.8 Å². The molecule has 1 N–H and O–H groups in total. The van der Waals surface area contributed by atoms with Gasteiger partial charge < -0.3 is 0 Å². The minimum absolute atomic E-state index is 0.0809. The molecule has 5 nitrogen and oxygen atoms in total. The molecule has 0 aliphatic carbocycles. The van der Waals surface area contributed by atoms with Crippen LogP contribution in [0.15, 0.2) is 70.2 Å². The van der Waals surface area contributed by atoms with Gasteiger partial charge in [0.2, 0.25) is 0 Å². The molecule has 26 heavy (non-hydrogen) atoms. The van der Waals surface area contributed by atoms with E-state index in [0.29, 0.717) is 5.56 Å². The van der Waals surface area contributed by atoms with E-state index in [0.717, 1.165) is 26.5 Å². The number of hydrogen-bond acceptors (Lipinski definition) is 3. The van der Waals surface area contributed by atoms with Crippen molar-refractivity contribution in [3.8, 4) is 0 Å². The Balaban J connectivity index is 1.49. The second-order valence-electron chi connectivity index (χ2n) is 5.92. The maximum atomic E-state index is 12.6. The van der Waals surface area contributed by atoms with Crippen LogP contribution in [0.4, 0.5) is 5.69 Å². The SMILES string of the molecule is O=C(CN1C(=O)c2cccc3cccc1c23)N/N=C/c1cccc(Br)c1. The monoisotopic (exact) mass is 407 g/mol. The molecule has 4 rings (SSSR count). The van der Waals surface area contributed by atoms with Crippen molar-refractivity contribution in [2.45, 2.75) is 0 Å². The van der Waals surface area contributed by atoms with E-state index in [4.69, 9.17) is 0 Å². The largest absolute Gasteiger partial charge is 0.298 e. The molecule has 0 saturated heterocycles. The highest BCUT2D eigenvalue weighted by Gasteiger charge is 2.30. The summed E-state index contributed by atoms with van der Waals surface area (Å²) in [4.78, 5) is 26.4. The van der Waals surface area contributed by atoms with E-state index >= 15 is 0 Å². The normalized spacial score (nSPS) is 13.0. The highest BCUT2D eigenvalue weighted by Crippen LogP contribution is 2.36. The lowest BCUT2D eigenvalue weighted by Crippen LogP contribution is -2.37. The van der Waals surface area contributed by atoms with Crippen LogP contribution in [0.3, 0.4) is 0 Å². The summed E-state index contributed by atoms with van der Waals surface area (Å²) in [7, 11) is 0. The third-order valence-corrected chi connectivity index (χ3v) is 4.70. The van der Waals surface area contributed by atoms with E-state index in [2.05, 4.69) is 26.5 Å². The lowest BCUT2D eigenvalue weighted by Gasteiger charge is -2.16. The lowest BCUT2D eigenvalue weighted by atomic mass is 10.1. The van der Waals surface area contributed by atoms with Crippen LogP contribution < -0.4 is 10.3 Å². The second-order valence-corrected chi connectivity index (χ2v) is 6.84. The molecule has 1 heterocycles. The summed E-state index contributed by atoms with van der Waals surface area (Å²) in [5.41, 5.74) is 4.72. The molecule has 3 aromatic carbocycles. The molecular formula is C20H14BrN3O2. The summed E-state index contributed by atoms with van der Waals surface area (Å²) < 4.78 is 0.932. The average Bonchev–Trinajstić information content (AvgIpc) is 2.90. The molecule has 0 unspecified atom stereocenters. The maximum Gasteiger partial charge on any atom is 0.260 e. The summed E-state index contributed by atoms with van der Waals surface area (Å²) in [6.07, 6.45) is 1.56. The predicted molar refractivity (Wildman–Crippen MR) is 106 cm³/mol. The maximum absolute atomic E-state index is 12.6. The van der Waals surface area contributed by atoms with Crippen molar-refractivity contribution in [1.82, 2.24) is 5.43 Å². The first-order valence-corrected chi connectivity index (χ1v) is 8.84. The molecular weight excluding hydrogens is 394 g/mol. The fourth-order valence-electron chi connectivity index (χ4n) is 3.08. The van der Waals surface area contributed by atoms with Gasteiger partial charge in [-0.1, -0.05) is 52.3 Å². The first-order chi connectivity index (χ1) is 12.6. The van der Waals surface area contributed by atoms with Gasteiger partial charge in [-0.15, -0.1) is 0 Å². The van der Waals surface area contributed by atoms with E-state index in [1.807, 2.05) is 54.6 Å². The molecule has 128 valence electrons. The summed E-state index contributed by atoms with van der Waals surface area (Å²) in [5.74, 6) is -0.516. The van der Waals surface area contributed by atoms with Gasteiger partial charge in [0.25, 0.3) is 11.8 Å². The molecule has 2 amide bonds. The van der Waals surface area contributed by atoms with Gasteiger partial charge in [0.15, 0.2) is 0 Å². The zero-order valence-electron chi connectivity index (χ0n) is 13.6. The minimum atomic E-state index is -0.352. The second kappa shape index (κ2) is 6.72. The van der Waals surface area contributed by atoms with Crippen LogP contribution in [0.1, 0.15) is 15.9 Å². The van der Waals surface area contributed by atoms with E-state index in [1.54, 1.807) is 12.3 Å². The molecule has 1 aliphatic heterocycles. The van der Waals surface area contributed by atoms with Crippen LogP contribution in [0.5, 0.6) is 0 Å². The standard InChI is InChI=1S/C20H14BrN3O2/c21-15-7-1-4-13(10-15)11-22-23-18(25)12-24-17-9-3-6-14-5-2-8-16(19(14)17)20(24)26/h1-11H,12H2,(H,23,25)/b22-11+. The Morgan fingerprint density at radius 1 is 1.12 bits per heavy atom.